The summed E-state index contributed by atoms with van der Waals surface area (Å²) < 4.78 is 16.3. The van der Waals surface area contributed by atoms with Crippen LogP contribution in [0.4, 0.5) is 5.82 Å². The van der Waals surface area contributed by atoms with Crippen molar-refractivity contribution in [3.63, 3.8) is 0 Å². The minimum absolute atomic E-state index is 0.0842. The van der Waals surface area contributed by atoms with Crippen LogP contribution in [-0.2, 0) is 11.4 Å². The van der Waals surface area contributed by atoms with Gasteiger partial charge < -0.3 is 25.3 Å². The molecule has 0 atom stereocenters. The number of aromatic nitrogens is 2. The maximum absolute atomic E-state index is 12.8. The quantitative estimate of drug-likeness (QED) is 0.521. The molecule has 0 bridgehead atoms. The number of nitrogens with two attached hydrogens (primary N) is 1. The fraction of sp³-hybridized carbons (Fsp3) is 0.143. The monoisotopic (exact) mass is 442 g/mol. The maximum atomic E-state index is 12.8. The number of methoxy groups -OCH3 is 1. The first-order valence-electron chi connectivity index (χ1n) is 9.04. The van der Waals surface area contributed by atoms with Crippen LogP contribution < -0.4 is 25.3 Å². The van der Waals surface area contributed by atoms with Gasteiger partial charge in [-0.2, -0.15) is 0 Å². The van der Waals surface area contributed by atoms with Gasteiger partial charge in [0.25, 0.3) is 11.8 Å². The van der Waals surface area contributed by atoms with Gasteiger partial charge in [-0.25, -0.2) is 4.98 Å². The zero-order chi connectivity index (χ0) is 22.2. The zero-order valence-electron chi connectivity index (χ0n) is 16.5. The molecule has 10 heteroatoms. The molecule has 160 valence electrons. The summed E-state index contributed by atoms with van der Waals surface area (Å²) in [6.45, 7) is -0.101. The predicted molar refractivity (Wildman–Crippen MR) is 113 cm³/mol. The predicted octanol–water partition coefficient (Wildman–Crippen LogP) is 2.83. The molecule has 0 saturated heterocycles. The van der Waals surface area contributed by atoms with Crippen LogP contribution in [0, 0.1) is 0 Å². The van der Waals surface area contributed by atoms with E-state index in [1.165, 1.54) is 25.4 Å². The molecule has 3 aromatic rings. The summed E-state index contributed by atoms with van der Waals surface area (Å²) in [5.74, 6) is -0.242. The highest BCUT2D eigenvalue weighted by atomic mass is 35.5. The molecule has 0 saturated carbocycles. The molecule has 2 aromatic heterocycles. The van der Waals surface area contributed by atoms with Crippen molar-refractivity contribution in [2.75, 3.05) is 19.0 Å². The molecular weight excluding hydrogens is 424 g/mol. The second-order valence-electron chi connectivity index (χ2n) is 6.19. The van der Waals surface area contributed by atoms with Crippen molar-refractivity contribution < 1.29 is 23.8 Å². The van der Waals surface area contributed by atoms with Crippen molar-refractivity contribution in [2.24, 2.45) is 5.73 Å². The van der Waals surface area contributed by atoms with Gasteiger partial charge in [0.1, 0.15) is 6.61 Å². The fourth-order valence-corrected chi connectivity index (χ4v) is 2.82. The first-order valence-corrected chi connectivity index (χ1v) is 9.42. The van der Waals surface area contributed by atoms with Crippen LogP contribution in [0.25, 0.3) is 0 Å². The molecule has 3 N–H and O–H groups in total. The van der Waals surface area contributed by atoms with Gasteiger partial charge in [0.05, 0.1) is 12.1 Å². The number of carbonyl (C=O) groups is 2. The molecule has 0 unspecified atom stereocenters. The Morgan fingerprint density at radius 2 is 1.87 bits per heavy atom. The van der Waals surface area contributed by atoms with E-state index < -0.39 is 11.8 Å². The smallest absolute Gasteiger partial charge is 0.257 e. The highest BCUT2D eigenvalue weighted by Gasteiger charge is 2.18. The van der Waals surface area contributed by atoms with Crippen molar-refractivity contribution in [1.29, 1.82) is 0 Å². The van der Waals surface area contributed by atoms with Gasteiger partial charge in [0.2, 0.25) is 0 Å². The third-order valence-corrected chi connectivity index (χ3v) is 4.28. The second kappa shape index (κ2) is 10.3. The van der Waals surface area contributed by atoms with E-state index in [4.69, 9.17) is 31.5 Å². The number of ether oxygens (including phenoxy) is 3. The van der Waals surface area contributed by atoms with Crippen LogP contribution in [0.2, 0.25) is 5.02 Å². The van der Waals surface area contributed by atoms with Gasteiger partial charge in [-0.05, 0) is 42.0 Å². The fourth-order valence-electron chi connectivity index (χ4n) is 2.56. The standard InChI is InChI=1S/C21H19ClN4O5/c1-29-17-10-14(9-15(22)19(17)31-12-18(23)27)21(28)26-20-16(3-2-6-25-20)30-11-13-4-7-24-8-5-13/h2-10H,11-12H2,1H3,(H2,23,27)(H,25,26,28). The number of benzene rings is 1. The third kappa shape index (κ3) is 5.83. The van der Waals surface area contributed by atoms with Crippen molar-refractivity contribution >= 4 is 29.2 Å². The molecule has 1 aromatic carbocycles. The van der Waals surface area contributed by atoms with E-state index >= 15 is 0 Å². The second-order valence-corrected chi connectivity index (χ2v) is 6.60. The van der Waals surface area contributed by atoms with E-state index in [-0.39, 0.29) is 41.1 Å². The van der Waals surface area contributed by atoms with Gasteiger partial charge in [-0.3, -0.25) is 14.6 Å². The number of rotatable bonds is 9. The Hall–Kier alpha value is -3.85. The lowest BCUT2D eigenvalue weighted by atomic mass is 10.2. The summed E-state index contributed by atoms with van der Waals surface area (Å²) in [6, 6.07) is 9.85. The van der Waals surface area contributed by atoms with Crippen molar-refractivity contribution in [3.05, 3.63) is 71.1 Å². The number of primary amides is 1. The first-order chi connectivity index (χ1) is 15.0. The van der Waals surface area contributed by atoms with E-state index in [0.29, 0.717) is 5.75 Å². The lowest BCUT2D eigenvalue weighted by Crippen LogP contribution is -2.20. The topological polar surface area (TPSA) is 126 Å². The molecular formula is C21H19ClN4O5. The van der Waals surface area contributed by atoms with Gasteiger partial charge >= 0.3 is 0 Å². The van der Waals surface area contributed by atoms with E-state index in [1.54, 1.807) is 24.5 Å². The number of anilines is 1. The minimum Gasteiger partial charge on any atom is -0.493 e. The van der Waals surface area contributed by atoms with E-state index in [1.807, 2.05) is 12.1 Å². The van der Waals surface area contributed by atoms with Crippen LogP contribution in [-0.4, -0.2) is 35.5 Å². The summed E-state index contributed by atoms with van der Waals surface area (Å²) >= 11 is 6.21. The molecule has 0 aliphatic carbocycles. The van der Waals surface area contributed by atoms with Crippen LogP contribution in [0.3, 0.4) is 0 Å². The summed E-state index contributed by atoms with van der Waals surface area (Å²) in [7, 11) is 1.38. The summed E-state index contributed by atoms with van der Waals surface area (Å²) in [4.78, 5) is 31.9. The maximum Gasteiger partial charge on any atom is 0.257 e. The number of hydrogen-bond acceptors (Lipinski definition) is 7. The van der Waals surface area contributed by atoms with Crippen LogP contribution in [0.5, 0.6) is 17.2 Å². The molecule has 0 aliphatic heterocycles. The Balaban J connectivity index is 1.77. The minimum atomic E-state index is -0.672. The lowest BCUT2D eigenvalue weighted by Gasteiger charge is -2.14. The van der Waals surface area contributed by atoms with Gasteiger partial charge in [0, 0.05) is 24.2 Å². The molecule has 9 nitrogen and oxygen atoms in total. The highest BCUT2D eigenvalue weighted by Crippen LogP contribution is 2.36. The number of hydrogen-bond donors (Lipinski definition) is 2. The largest absolute Gasteiger partial charge is 0.493 e. The normalized spacial score (nSPS) is 10.3. The SMILES string of the molecule is COc1cc(C(=O)Nc2ncccc2OCc2ccncc2)cc(Cl)c1OCC(N)=O. The number of nitrogens with one attached hydrogen (secondary N) is 1. The molecule has 0 aliphatic rings. The summed E-state index contributed by atoms with van der Waals surface area (Å²) in [6.07, 6.45) is 4.86. The summed E-state index contributed by atoms with van der Waals surface area (Å²) in [5, 5.41) is 2.78. The van der Waals surface area contributed by atoms with Gasteiger partial charge in [-0.1, -0.05) is 11.6 Å². The Labute approximate surface area is 183 Å². The molecule has 0 radical (unpaired) electrons. The van der Waals surface area contributed by atoms with Crippen LogP contribution >= 0.6 is 11.6 Å². The van der Waals surface area contributed by atoms with Crippen molar-refractivity contribution in [2.45, 2.75) is 6.61 Å². The Morgan fingerprint density at radius 1 is 1.10 bits per heavy atom. The van der Waals surface area contributed by atoms with Crippen molar-refractivity contribution in [1.82, 2.24) is 9.97 Å². The third-order valence-electron chi connectivity index (χ3n) is 4.00. The van der Waals surface area contributed by atoms with Crippen molar-refractivity contribution in [3.8, 4) is 17.2 Å². The first kappa shape index (κ1) is 21.8. The Morgan fingerprint density at radius 3 is 2.58 bits per heavy atom. The number of nitrogens with zero attached hydrogens (tertiary/aromatic N) is 2. The Kier molecular flexibility index (Phi) is 7.23. The van der Waals surface area contributed by atoms with E-state index in [0.717, 1.165) is 5.56 Å². The highest BCUT2D eigenvalue weighted by molar-refractivity contribution is 6.32. The van der Waals surface area contributed by atoms with E-state index in [9.17, 15) is 9.59 Å². The number of amides is 2. The Bertz CT molecular complexity index is 1080. The van der Waals surface area contributed by atoms with Gasteiger partial charge in [0.15, 0.2) is 29.7 Å². The van der Waals surface area contributed by atoms with Crippen LogP contribution in [0.15, 0.2) is 55.0 Å². The molecule has 31 heavy (non-hydrogen) atoms. The average Bonchev–Trinajstić information content (AvgIpc) is 2.77. The molecule has 0 spiro atoms. The zero-order valence-corrected chi connectivity index (χ0v) is 17.3. The van der Waals surface area contributed by atoms with Crippen LogP contribution in [0.1, 0.15) is 15.9 Å². The number of carbonyl (C=O) groups excluding carboxylic acids is 2. The number of pyridine rings is 2. The lowest BCUT2D eigenvalue weighted by molar-refractivity contribution is -0.119. The molecule has 3 rings (SSSR count). The molecule has 2 heterocycles. The average molecular weight is 443 g/mol. The van der Waals surface area contributed by atoms with E-state index in [2.05, 4.69) is 15.3 Å². The molecule has 2 amide bonds. The summed E-state index contributed by atoms with van der Waals surface area (Å²) in [5.41, 5.74) is 6.20. The van der Waals surface area contributed by atoms with Gasteiger partial charge in [-0.15, -0.1) is 0 Å². The number of halogens is 1. The molecule has 0 fully saturated rings.